The SMILES string of the molecule is CCNCCCNC(=O)NCC(C)(C)C(=O)O. The molecule has 0 aliphatic heterocycles. The zero-order valence-corrected chi connectivity index (χ0v) is 10.8. The molecular weight excluding hydrogens is 222 g/mol. The summed E-state index contributed by atoms with van der Waals surface area (Å²) in [6, 6.07) is -0.323. The summed E-state index contributed by atoms with van der Waals surface area (Å²) in [5, 5.41) is 17.2. The maximum atomic E-state index is 11.3. The van der Waals surface area contributed by atoms with Gasteiger partial charge >= 0.3 is 12.0 Å². The lowest BCUT2D eigenvalue weighted by molar-refractivity contribution is -0.146. The van der Waals surface area contributed by atoms with Gasteiger partial charge in [-0.3, -0.25) is 4.79 Å². The van der Waals surface area contributed by atoms with Crippen molar-refractivity contribution in [1.82, 2.24) is 16.0 Å². The molecule has 0 aliphatic carbocycles. The lowest BCUT2D eigenvalue weighted by Gasteiger charge is -2.19. The molecule has 0 aliphatic rings. The molecule has 0 atom stereocenters. The van der Waals surface area contributed by atoms with Crippen molar-refractivity contribution in [1.29, 1.82) is 0 Å². The molecule has 0 bridgehead atoms. The number of amides is 2. The van der Waals surface area contributed by atoms with E-state index in [0.29, 0.717) is 6.54 Å². The zero-order valence-electron chi connectivity index (χ0n) is 10.8. The van der Waals surface area contributed by atoms with Gasteiger partial charge in [-0.05, 0) is 33.4 Å². The van der Waals surface area contributed by atoms with Crippen molar-refractivity contribution in [3.8, 4) is 0 Å². The highest BCUT2D eigenvalue weighted by Crippen LogP contribution is 2.12. The summed E-state index contributed by atoms with van der Waals surface area (Å²) in [5.41, 5.74) is -0.943. The van der Waals surface area contributed by atoms with E-state index >= 15 is 0 Å². The molecule has 0 aromatic heterocycles. The van der Waals surface area contributed by atoms with Gasteiger partial charge in [0, 0.05) is 13.1 Å². The van der Waals surface area contributed by atoms with Crippen molar-refractivity contribution in [2.24, 2.45) is 5.41 Å². The van der Waals surface area contributed by atoms with Crippen LogP contribution in [0.2, 0.25) is 0 Å². The Labute approximate surface area is 102 Å². The minimum absolute atomic E-state index is 0.112. The Kier molecular flexibility index (Phi) is 7.29. The largest absolute Gasteiger partial charge is 0.481 e. The molecule has 0 heterocycles. The summed E-state index contributed by atoms with van der Waals surface area (Å²) < 4.78 is 0. The Bertz CT molecular complexity index is 254. The molecule has 0 aromatic rings. The van der Waals surface area contributed by atoms with Gasteiger partial charge in [0.05, 0.1) is 5.41 Å². The smallest absolute Gasteiger partial charge is 0.314 e. The van der Waals surface area contributed by atoms with E-state index < -0.39 is 11.4 Å². The minimum atomic E-state index is -0.943. The molecule has 0 radical (unpaired) electrons. The summed E-state index contributed by atoms with van der Waals surface area (Å²) in [7, 11) is 0. The Balaban J connectivity index is 3.63. The highest BCUT2D eigenvalue weighted by atomic mass is 16.4. The third-order valence-corrected chi connectivity index (χ3v) is 2.34. The average molecular weight is 245 g/mol. The first-order valence-electron chi connectivity index (χ1n) is 5.86. The number of aliphatic carboxylic acids is 1. The number of carboxylic acids is 1. The molecule has 2 amide bonds. The fourth-order valence-corrected chi connectivity index (χ4v) is 1.03. The van der Waals surface area contributed by atoms with E-state index in [1.165, 1.54) is 0 Å². The van der Waals surface area contributed by atoms with Crippen molar-refractivity contribution in [3.05, 3.63) is 0 Å². The van der Waals surface area contributed by atoms with Crippen molar-refractivity contribution < 1.29 is 14.7 Å². The molecule has 6 heteroatoms. The third-order valence-electron chi connectivity index (χ3n) is 2.34. The van der Waals surface area contributed by atoms with Crippen LogP contribution in [0, 0.1) is 5.41 Å². The predicted octanol–water partition coefficient (Wildman–Crippen LogP) is 0.396. The topological polar surface area (TPSA) is 90.5 Å². The highest BCUT2D eigenvalue weighted by molar-refractivity contribution is 5.77. The van der Waals surface area contributed by atoms with Gasteiger partial charge in [0.1, 0.15) is 0 Å². The van der Waals surface area contributed by atoms with Crippen molar-refractivity contribution in [2.45, 2.75) is 27.2 Å². The lowest BCUT2D eigenvalue weighted by atomic mass is 9.94. The van der Waals surface area contributed by atoms with Crippen LogP contribution in [0.15, 0.2) is 0 Å². The van der Waals surface area contributed by atoms with Crippen LogP contribution < -0.4 is 16.0 Å². The van der Waals surface area contributed by atoms with Crippen LogP contribution in [0.1, 0.15) is 27.2 Å². The summed E-state index contributed by atoms with van der Waals surface area (Å²) >= 11 is 0. The molecule has 6 nitrogen and oxygen atoms in total. The van der Waals surface area contributed by atoms with Crippen molar-refractivity contribution in [3.63, 3.8) is 0 Å². The van der Waals surface area contributed by atoms with Gasteiger partial charge in [0.25, 0.3) is 0 Å². The number of rotatable bonds is 8. The van der Waals surface area contributed by atoms with Crippen LogP contribution in [0.25, 0.3) is 0 Å². The summed E-state index contributed by atoms with van der Waals surface area (Å²) in [5.74, 6) is -0.926. The third kappa shape index (κ3) is 7.57. The van der Waals surface area contributed by atoms with Gasteiger partial charge in [-0.25, -0.2) is 4.79 Å². The molecule has 100 valence electrons. The standard InChI is InChI=1S/C11H23N3O3/c1-4-12-6-5-7-13-10(17)14-8-11(2,3)9(15)16/h12H,4-8H2,1-3H3,(H,15,16)(H2,13,14,17). The molecule has 0 saturated carbocycles. The van der Waals surface area contributed by atoms with E-state index in [9.17, 15) is 9.59 Å². The van der Waals surface area contributed by atoms with E-state index in [1.807, 2.05) is 6.92 Å². The van der Waals surface area contributed by atoms with E-state index in [-0.39, 0.29) is 12.6 Å². The molecule has 0 spiro atoms. The van der Waals surface area contributed by atoms with Crippen LogP contribution in [0.5, 0.6) is 0 Å². The summed E-state index contributed by atoms with van der Waals surface area (Å²) in [6.45, 7) is 7.62. The number of hydrogen-bond acceptors (Lipinski definition) is 3. The van der Waals surface area contributed by atoms with Gasteiger partial charge in [0.2, 0.25) is 0 Å². The monoisotopic (exact) mass is 245 g/mol. The summed E-state index contributed by atoms with van der Waals surface area (Å²) in [6.07, 6.45) is 0.851. The molecule has 0 rings (SSSR count). The second kappa shape index (κ2) is 7.89. The molecule has 0 saturated heterocycles. The van der Waals surface area contributed by atoms with Crippen LogP contribution >= 0.6 is 0 Å². The Hall–Kier alpha value is -1.30. The van der Waals surface area contributed by atoms with Crippen LogP contribution in [0.4, 0.5) is 4.79 Å². The van der Waals surface area contributed by atoms with Crippen LogP contribution in [0.3, 0.4) is 0 Å². The fourth-order valence-electron chi connectivity index (χ4n) is 1.03. The Morgan fingerprint density at radius 2 is 1.82 bits per heavy atom. The molecule has 17 heavy (non-hydrogen) atoms. The maximum Gasteiger partial charge on any atom is 0.314 e. The van der Waals surface area contributed by atoms with Crippen molar-refractivity contribution >= 4 is 12.0 Å². The molecule has 0 fully saturated rings. The van der Waals surface area contributed by atoms with Gasteiger partial charge in [-0.1, -0.05) is 6.92 Å². The minimum Gasteiger partial charge on any atom is -0.481 e. The molecule has 0 unspecified atom stereocenters. The maximum absolute atomic E-state index is 11.3. The lowest BCUT2D eigenvalue weighted by Crippen LogP contribution is -2.44. The van der Waals surface area contributed by atoms with E-state index in [0.717, 1.165) is 19.5 Å². The predicted molar refractivity (Wildman–Crippen MR) is 66.0 cm³/mol. The second-order valence-electron chi connectivity index (χ2n) is 4.51. The Morgan fingerprint density at radius 3 is 2.35 bits per heavy atom. The first-order chi connectivity index (χ1) is 7.90. The molecule has 4 N–H and O–H groups in total. The highest BCUT2D eigenvalue weighted by Gasteiger charge is 2.27. The van der Waals surface area contributed by atoms with E-state index in [4.69, 9.17) is 5.11 Å². The number of nitrogens with one attached hydrogen (secondary N) is 3. The normalized spacial score (nSPS) is 11.0. The fraction of sp³-hybridized carbons (Fsp3) is 0.818. The number of carbonyl (C=O) groups is 2. The summed E-state index contributed by atoms with van der Waals surface area (Å²) in [4.78, 5) is 22.1. The van der Waals surface area contributed by atoms with Gasteiger partial charge in [-0.2, -0.15) is 0 Å². The van der Waals surface area contributed by atoms with Gasteiger partial charge in [-0.15, -0.1) is 0 Å². The average Bonchev–Trinajstić information content (AvgIpc) is 2.26. The molecular formula is C11H23N3O3. The van der Waals surface area contributed by atoms with E-state index in [2.05, 4.69) is 16.0 Å². The first-order valence-corrected chi connectivity index (χ1v) is 5.86. The first kappa shape index (κ1) is 15.7. The Morgan fingerprint density at radius 1 is 1.18 bits per heavy atom. The van der Waals surface area contributed by atoms with Crippen LogP contribution in [-0.2, 0) is 4.79 Å². The van der Waals surface area contributed by atoms with Gasteiger partial charge < -0.3 is 21.1 Å². The number of urea groups is 1. The van der Waals surface area contributed by atoms with Crippen molar-refractivity contribution in [2.75, 3.05) is 26.2 Å². The van der Waals surface area contributed by atoms with Gasteiger partial charge in [0.15, 0.2) is 0 Å². The van der Waals surface area contributed by atoms with E-state index in [1.54, 1.807) is 13.8 Å². The zero-order chi connectivity index (χ0) is 13.3. The second-order valence-corrected chi connectivity index (χ2v) is 4.51. The van der Waals surface area contributed by atoms with Crippen LogP contribution in [-0.4, -0.2) is 43.3 Å². The quantitative estimate of drug-likeness (QED) is 0.466. The number of carboxylic acid groups (broad SMARTS) is 1. The number of carbonyl (C=O) groups excluding carboxylic acids is 1. The number of hydrogen-bond donors (Lipinski definition) is 4. The molecule has 0 aromatic carbocycles.